The molecule has 0 unspecified atom stereocenters. The molecule has 96 valence electrons. The smallest absolute Gasteiger partial charge is 0.124 e. The van der Waals surface area contributed by atoms with Gasteiger partial charge < -0.3 is 5.32 Å². The Bertz CT molecular complexity index is 453. The molecule has 1 aromatic rings. The molecule has 3 heteroatoms. The highest BCUT2D eigenvalue weighted by atomic mass is 19.1. The Hall–Kier alpha value is -1.40. The molecule has 0 radical (unpaired) electrons. The zero-order valence-corrected chi connectivity index (χ0v) is 10.8. The predicted molar refractivity (Wildman–Crippen MR) is 69.4 cm³/mol. The molecule has 0 amide bonds. The van der Waals surface area contributed by atoms with Crippen LogP contribution in [-0.4, -0.2) is 6.54 Å². The van der Waals surface area contributed by atoms with Crippen LogP contribution >= 0.6 is 0 Å². The highest BCUT2D eigenvalue weighted by Gasteiger charge is 2.34. The van der Waals surface area contributed by atoms with E-state index < -0.39 is 0 Å². The van der Waals surface area contributed by atoms with Gasteiger partial charge in [-0.1, -0.05) is 13.3 Å². The van der Waals surface area contributed by atoms with E-state index in [1.165, 1.54) is 37.8 Å². The van der Waals surface area contributed by atoms with Gasteiger partial charge in [-0.25, -0.2) is 4.39 Å². The second kappa shape index (κ2) is 5.49. The summed E-state index contributed by atoms with van der Waals surface area (Å²) in [5, 5.41) is 12.2. The van der Waals surface area contributed by atoms with Crippen LogP contribution in [0.3, 0.4) is 0 Å². The van der Waals surface area contributed by atoms with Crippen LogP contribution in [0, 0.1) is 22.6 Å². The largest absolute Gasteiger partial charge is 0.312 e. The van der Waals surface area contributed by atoms with E-state index in [4.69, 9.17) is 5.26 Å². The number of benzene rings is 1. The zero-order valence-electron chi connectivity index (χ0n) is 10.8. The standard InChI is InChI=1S/C15H19FN2/c1-2-15(4-3-5-15)11-18-10-13-6-12(9-17)7-14(16)8-13/h6-8,18H,2-5,10-11H2,1H3. The van der Waals surface area contributed by atoms with Crippen molar-refractivity contribution in [3.05, 3.63) is 35.1 Å². The molecule has 1 N–H and O–H groups in total. The quantitative estimate of drug-likeness (QED) is 0.864. The van der Waals surface area contributed by atoms with Crippen molar-refractivity contribution in [2.24, 2.45) is 5.41 Å². The van der Waals surface area contributed by atoms with Crippen LogP contribution in [0.5, 0.6) is 0 Å². The van der Waals surface area contributed by atoms with Crippen molar-refractivity contribution in [2.75, 3.05) is 6.54 Å². The summed E-state index contributed by atoms with van der Waals surface area (Å²) in [5.41, 5.74) is 1.70. The molecule has 1 aliphatic carbocycles. The molecule has 2 rings (SSSR count). The lowest BCUT2D eigenvalue weighted by Crippen LogP contribution is -2.39. The number of halogens is 1. The Kier molecular flexibility index (Phi) is 3.98. The Morgan fingerprint density at radius 2 is 2.17 bits per heavy atom. The molecular weight excluding hydrogens is 227 g/mol. The van der Waals surface area contributed by atoms with Crippen LogP contribution < -0.4 is 5.32 Å². The van der Waals surface area contributed by atoms with E-state index in [0.717, 1.165) is 12.1 Å². The molecule has 1 aliphatic rings. The Balaban J connectivity index is 1.90. The van der Waals surface area contributed by atoms with Crippen LogP contribution in [0.1, 0.15) is 43.7 Å². The average molecular weight is 246 g/mol. The second-order valence-corrected chi connectivity index (χ2v) is 5.27. The molecule has 1 aromatic carbocycles. The SMILES string of the molecule is CCC1(CNCc2cc(F)cc(C#N)c2)CCC1. The minimum Gasteiger partial charge on any atom is -0.312 e. The maximum atomic E-state index is 13.2. The van der Waals surface area contributed by atoms with Crippen LogP contribution in [0.25, 0.3) is 0 Å². The number of hydrogen-bond donors (Lipinski definition) is 1. The zero-order chi connectivity index (χ0) is 13.0. The molecular formula is C15H19FN2. The van der Waals surface area contributed by atoms with Gasteiger partial charge in [-0.3, -0.25) is 0 Å². The lowest BCUT2D eigenvalue weighted by Gasteiger charge is -2.41. The maximum Gasteiger partial charge on any atom is 0.124 e. The fraction of sp³-hybridized carbons (Fsp3) is 0.533. The van der Waals surface area contributed by atoms with Gasteiger partial charge in [-0.2, -0.15) is 5.26 Å². The van der Waals surface area contributed by atoms with E-state index in [1.54, 1.807) is 6.07 Å². The van der Waals surface area contributed by atoms with E-state index >= 15 is 0 Å². The molecule has 1 saturated carbocycles. The molecule has 0 spiro atoms. The lowest BCUT2D eigenvalue weighted by atomic mass is 9.67. The number of nitrogens with one attached hydrogen (secondary N) is 1. The van der Waals surface area contributed by atoms with Crippen LogP contribution in [0.4, 0.5) is 4.39 Å². The van der Waals surface area contributed by atoms with Gasteiger partial charge in [0.25, 0.3) is 0 Å². The first kappa shape index (κ1) is 13.0. The second-order valence-electron chi connectivity index (χ2n) is 5.27. The van der Waals surface area contributed by atoms with Crippen LogP contribution in [0.15, 0.2) is 18.2 Å². The van der Waals surface area contributed by atoms with Crippen LogP contribution in [0.2, 0.25) is 0 Å². The Morgan fingerprint density at radius 1 is 1.39 bits per heavy atom. The number of rotatable bonds is 5. The normalized spacial score (nSPS) is 16.9. The van der Waals surface area contributed by atoms with Crippen molar-refractivity contribution < 1.29 is 4.39 Å². The number of hydrogen-bond acceptors (Lipinski definition) is 2. The first-order chi connectivity index (χ1) is 8.67. The first-order valence-electron chi connectivity index (χ1n) is 6.58. The fourth-order valence-electron chi connectivity index (χ4n) is 2.62. The van der Waals surface area contributed by atoms with Gasteiger partial charge in [0.1, 0.15) is 5.82 Å². The average Bonchev–Trinajstić information content (AvgIpc) is 2.32. The molecule has 0 saturated heterocycles. The van der Waals surface area contributed by atoms with Gasteiger partial charge in [0.05, 0.1) is 11.6 Å². The van der Waals surface area contributed by atoms with Crippen molar-refractivity contribution in [3.63, 3.8) is 0 Å². The highest BCUT2D eigenvalue weighted by Crippen LogP contribution is 2.43. The molecule has 0 bridgehead atoms. The molecule has 0 aliphatic heterocycles. The minimum atomic E-state index is -0.334. The van der Waals surface area contributed by atoms with Crippen LogP contribution in [-0.2, 0) is 6.54 Å². The summed E-state index contributed by atoms with van der Waals surface area (Å²) in [7, 11) is 0. The van der Waals surface area contributed by atoms with Crippen molar-refractivity contribution in [1.82, 2.24) is 5.32 Å². The predicted octanol–water partition coefficient (Wildman–Crippen LogP) is 3.37. The Labute approximate surface area is 108 Å². The summed E-state index contributed by atoms with van der Waals surface area (Å²) in [6.07, 6.45) is 5.12. The molecule has 0 heterocycles. The molecule has 18 heavy (non-hydrogen) atoms. The van der Waals surface area contributed by atoms with E-state index in [0.29, 0.717) is 17.5 Å². The third-order valence-corrected chi connectivity index (χ3v) is 4.08. The summed E-state index contributed by atoms with van der Waals surface area (Å²) >= 11 is 0. The molecule has 0 atom stereocenters. The molecule has 2 nitrogen and oxygen atoms in total. The van der Waals surface area contributed by atoms with Crippen molar-refractivity contribution in [1.29, 1.82) is 5.26 Å². The van der Waals surface area contributed by atoms with E-state index in [1.807, 2.05) is 6.07 Å². The Morgan fingerprint density at radius 3 is 2.72 bits per heavy atom. The van der Waals surface area contributed by atoms with Gasteiger partial charge in [-0.05, 0) is 48.4 Å². The third-order valence-electron chi connectivity index (χ3n) is 4.08. The van der Waals surface area contributed by atoms with E-state index in [-0.39, 0.29) is 5.82 Å². The monoisotopic (exact) mass is 246 g/mol. The lowest BCUT2D eigenvalue weighted by molar-refractivity contribution is 0.124. The topological polar surface area (TPSA) is 35.8 Å². The summed E-state index contributed by atoms with van der Waals surface area (Å²) < 4.78 is 13.2. The van der Waals surface area contributed by atoms with Gasteiger partial charge >= 0.3 is 0 Å². The van der Waals surface area contributed by atoms with E-state index in [2.05, 4.69) is 12.2 Å². The fourth-order valence-corrected chi connectivity index (χ4v) is 2.62. The molecule has 0 aromatic heterocycles. The summed E-state index contributed by atoms with van der Waals surface area (Å²) in [4.78, 5) is 0. The van der Waals surface area contributed by atoms with Crippen molar-refractivity contribution >= 4 is 0 Å². The number of nitriles is 1. The maximum absolute atomic E-state index is 13.2. The van der Waals surface area contributed by atoms with Gasteiger partial charge in [0, 0.05) is 13.1 Å². The summed E-state index contributed by atoms with van der Waals surface area (Å²) in [6.45, 7) is 3.85. The van der Waals surface area contributed by atoms with E-state index in [9.17, 15) is 4.39 Å². The first-order valence-corrected chi connectivity index (χ1v) is 6.58. The van der Waals surface area contributed by atoms with Gasteiger partial charge in [0.15, 0.2) is 0 Å². The van der Waals surface area contributed by atoms with Gasteiger partial charge in [0.2, 0.25) is 0 Å². The van der Waals surface area contributed by atoms with Crippen molar-refractivity contribution in [3.8, 4) is 6.07 Å². The van der Waals surface area contributed by atoms with Gasteiger partial charge in [-0.15, -0.1) is 0 Å². The third kappa shape index (κ3) is 2.88. The minimum absolute atomic E-state index is 0.334. The molecule has 1 fully saturated rings. The van der Waals surface area contributed by atoms with Crippen molar-refractivity contribution in [2.45, 2.75) is 39.2 Å². The summed E-state index contributed by atoms with van der Waals surface area (Å²) in [6, 6.07) is 6.49. The number of nitrogens with zero attached hydrogens (tertiary/aromatic N) is 1. The highest BCUT2D eigenvalue weighted by molar-refractivity contribution is 5.33. The summed E-state index contributed by atoms with van der Waals surface area (Å²) in [5.74, 6) is -0.334.